The van der Waals surface area contributed by atoms with Crippen molar-refractivity contribution in [2.75, 3.05) is 7.11 Å². The van der Waals surface area contributed by atoms with Crippen LogP contribution in [0.1, 0.15) is 11.1 Å². The molecule has 0 aliphatic carbocycles. The molecule has 2 aromatic carbocycles. The Morgan fingerprint density at radius 1 is 1.12 bits per heavy atom. The molecule has 2 heterocycles. The maximum absolute atomic E-state index is 12.4. The summed E-state index contributed by atoms with van der Waals surface area (Å²) in [4.78, 5) is 16.5. The highest BCUT2D eigenvalue weighted by molar-refractivity contribution is 8.27. The van der Waals surface area contributed by atoms with Crippen molar-refractivity contribution in [3.05, 3.63) is 71.3 Å². The first-order valence-electron chi connectivity index (χ1n) is 7.85. The number of ether oxygens (including phenoxy) is 1. The standard InChI is InChI=1S/C19H14N4O2S/c1-25-14-9-7-12(8-10-14)11-15-16(20)23-19(21-17(15)24)26-18(22-23)13-5-3-2-4-6-13/h2-11,20H,1H3. The van der Waals surface area contributed by atoms with Gasteiger partial charge in [-0.25, -0.2) is 0 Å². The zero-order valence-electron chi connectivity index (χ0n) is 13.8. The number of amidine groups is 2. The number of hydrogen-bond acceptors (Lipinski definition) is 5. The number of nitrogens with zero attached hydrogens (tertiary/aromatic N) is 3. The summed E-state index contributed by atoms with van der Waals surface area (Å²) in [6.07, 6.45) is 1.64. The second kappa shape index (κ2) is 6.61. The molecule has 0 saturated heterocycles. The first-order valence-corrected chi connectivity index (χ1v) is 8.67. The van der Waals surface area contributed by atoms with E-state index in [1.165, 1.54) is 16.8 Å². The lowest BCUT2D eigenvalue weighted by Crippen LogP contribution is -2.35. The van der Waals surface area contributed by atoms with E-state index in [9.17, 15) is 4.79 Å². The Labute approximate surface area is 154 Å². The van der Waals surface area contributed by atoms with Crippen LogP contribution >= 0.6 is 11.8 Å². The van der Waals surface area contributed by atoms with Crippen LogP contribution in [0.4, 0.5) is 0 Å². The first-order chi connectivity index (χ1) is 12.7. The quantitative estimate of drug-likeness (QED) is 0.849. The third-order valence-electron chi connectivity index (χ3n) is 3.90. The normalized spacial score (nSPS) is 17.9. The van der Waals surface area contributed by atoms with Crippen LogP contribution in [0.15, 0.2) is 70.3 Å². The fourth-order valence-electron chi connectivity index (χ4n) is 2.56. The van der Waals surface area contributed by atoms with Gasteiger partial charge in [0.2, 0.25) is 5.17 Å². The molecule has 6 nitrogen and oxygen atoms in total. The molecule has 2 aromatic rings. The minimum atomic E-state index is -0.436. The summed E-state index contributed by atoms with van der Waals surface area (Å²) in [7, 11) is 1.59. The first kappa shape index (κ1) is 16.3. The molecule has 0 spiro atoms. The van der Waals surface area contributed by atoms with Crippen molar-refractivity contribution in [1.29, 1.82) is 5.41 Å². The molecule has 0 unspecified atom stereocenters. The zero-order chi connectivity index (χ0) is 18.1. The van der Waals surface area contributed by atoms with Gasteiger partial charge in [-0.2, -0.15) is 15.1 Å². The molecule has 4 rings (SSSR count). The molecular formula is C19H14N4O2S. The Kier molecular flexibility index (Phi) is 4.14. The number of nitrogens with one attached hydrogen (secondary N) is 1. The van der Waals surface area contributed by atoms with Crippen molar-refractivity contribution in [2.45, 2.75) is 0 Å². The highest BCUT2D eigenvalue weighted by Crippen LogP contribution is 2.30. The minimum Gasteiger partial charge on any atom is -0.497 e. The summed E-state index contributed by atoms with van der Waals surface area (Å²) in [5.41, 5.74) is 1.92. The Morgan fingerprint density at radius 3 is 2.54 bits per heavy atom. The maximum atomic E-state index is 12.4. The van der Waals surface area contributed by atoms with Gasteiger partial charge in [-0.15, -0.1) is 0 Å². The number of methoxy groups -OCH3 is 1. The maximum Gasteiger partial charge on any atom is 0.283 e. The minimum absolute atomic E-state index is 0.0225. The number of aliphatic imine (C=N–C) groups is 1. The van der Waals surface area contributed by atoms with Gasteiger partial charge in [0.1, 0.15) is 10.8 Å². The molecule has 7 heteroatoms. The van der Waals surface area contributed by atoms with Gasteiger partial charge in [0.15, 0.2) is 5.84 Å². The van der Waals surface area contributed by atoms with Crippen molar-refractivity contribution in [3.63, 3.8) is 0 Å². The van der Waals surface area contributed by atoms with E-state index in [0.717, 1.165) is 16.9 Å². The van der Waals surface area contributed by atoms with Gasteiger partial charge < -0.3 is 4.74 Å². The molecule has 1 N–H and O–H groups in total. The molecular weight excluding hydrogens is 348 g/mol. The van der Waals surface area contributed by atoms with E-state index in [-0.39, 0.29) is 11.4 Å². The van der Waals surface area contributed by atoms with Crippen molar-refractivity contribution in [1.82, 2.24) is 5.01 Å². The predicted molar refractivity (Wildman–Crippen MR) is 104 cm³/mol. The second-order valence-corrected chi connectivity index (χ2v) is 6.52. The number of carbonyl (C=O) groups excluding carboxylic acids is 1. The highest BCUT2D eigenvalue weighted by Gasteiger charge is 2.35. The van der Waals surface area contributed by atoms with Crippen molar-refractivity contribution < 1.29 is 9.53 Å². The topological polar surface area (TPSA) is 78.1 Å². The van der Waals surface area contributed by atoms with Crippen LogP contribution in [0, 0.1) is 5.41 Å². The fourth-order valence-corrected chi connectivity index (χ4v) is 3.45. The van der Waals surface area contributed by atoms with Crippen LogP contribution in [0.2, 0.25) is 0 Å². The van der Waals surface area contributed by atoms with Crippen LogP contribution < -0.4 is 4.74 Å². The van der Waals surface area contributed by atoms with Gasteiger partial charge in [0.25, 0.3) is 5.91 Å². The third-order valence-corrected chi connectivity index (χ3v) is 4.86. The number of amides is 1. The van der Waals surface area contributed by atoms with Gasteiger partial charge in [-0.05, 0) is 35.5 Å². The number of rotatable bonds is 3. The van der Waals surface area contributed by atoms with E-state index in [1.54, 1.807) is 25.3 Å². The molecule has 0 saturated carbocycles. The van der Waals surface area contributed by atoms with Gasteiger partial charge in [-0.1, -0.05) is 42.5 Å². The van der Waals surface area contributed by atoms with E-state index in [4.69, 9.17) is 10.1 Å². The molecule has 2 aliphatic heterocycles. The summed E-state index contributed by atoms with van der Waals surface area (Å²) < 4.78 is 5.13. The lowest BCUT2D eigenvalue weighted by Gasteiger charge is -2.20. The van der Waals surface area contributed by atoms with E-state index in [2.05, 4.69) is 10.1 Å². The molecule has 1 amide bonds. The zero-order valence-corrected chi connectivity index (χ0v) is 14.7. The largest absolute Gasteiger partial charge is 0.497 e. The average Bonchev–Trinajstić information content (AvgIpc) is 3.10. The molecule has 26 heavy (non-hydrogen) atoms. The van der Waals surface area contributed by atoms with E-state index in [1.807, 2.05) is 42.5 Å². The van der Waals surface area contributed by atoms with Crippen molar-refractivity contribution >= 4 is 39.8 Å². The smallest absolute Gasteiger partial charge is 0.283 e. The van der Waals surface area contributed by atoms with E-state index < -0.39 is 5.91 Å². The van der Waals surface area contributed by atoms with Crippen molar-refractivity contribution in [3.8, 4) is 5.75 Å². The summed E-state index contributed by atoms with van der Waals surface area (Å²) in [6, 6.07) is 16.9. The SMILES string of the molecule is COc1ccc(C=C2C(=N)N3N=C(c4ccccc4)SC3=NC2=O)cc1. The van der Waals surface area contributed by atoms with Gasteiger partial charge in [0, 0.05) is 5.56 Å². The molecule has 0 aromatic heterocycles. The summed E-state index contributed by atoms with van der Waals surface area (Å²) in [5, 5.41) is 15.4. The van der Waals surface area contributed by atoms with Gasteiger partial charge in [-0.3, -0.25) is 10.2 Å². The van der Waals surface area contributed by atoms with Crippen LogP contribution in [0.3, 0.4) is 0 Å². The molecule has 2 aliphatic rings. The van der Waals surface area contributed by atoms with E-state index in [0.29, 0.717) is 10.2 Å². The summed E-state index contributed by atoms with van der Waals surface area (Å²) in [5.74, 6) is 0.314. The number of fused-ring (bicyclic) bond motifs is 1. The molecule has 0 bridgehead atoms. The van der Waals surface area contributed by atoms with Crippen LogP contribution in [0.5, 0.6) is 5.75 Å². The Morgan fingerprint density at radius 2 is 1.85 bits per heavy atom. The van der Waals surface area contributed by atoms with Gasteiger partial charge in [0.05, 0.1) is 12.7 Å². The lowest BCUT2D eigenvalue weighted by molar-refractivity contribution is -0.114. The Bertz CT molecular complexity index is 978. The Balaban J connectivity index is 1.66. The Hall–Kier alpha value is -3.19. The predicted octanol–water partition coefficient (Wildman–Crippen LogP) is 3.36. The fraction of sp³-hybridized carbons (Fsp3) is 0.0526. The molecule has 128 valence electrons. The summed E-state index contributed by atoms with van der Waals surface area (Å²) in [6.45, 7) is 0. The molecule has 0 atom stereocenters. The number of benzene rings is 2. The number of thioether (sulfide) groups is 1. The number of carbonyl (C=O) groups is 1. The highest BCUT2D eigenvalue weighted by atomic mass is 32.2. The summed E-state index contributed by atoms with van der Waals surface area (Å²) >= 11 is 1.29. The van der Waals surface area contributed by atoms with Crippen LogP contribution in [-0.2, 0) is 4.79 Å². The molecule has 0 radical (unpaired) electrons. The third kappa shape index (κ3) is 2.93. The number of hydrazone groups is 1. The van der Waals surface area contributed by atoms with Crippen LogP contribution in [-0.4, -0.2) is 34.1 Å². The average molecular weight is 362 g/mol. The lowest BCUT2D eigenvalue weighted by atomic mass is 10.1. The monoisotopic (exact) mass is 362 g/mol. The van der Waals surface area contributed by atoms with Crippen molar-refractivity contribution in [2.24, 2.45) is 10.1 Å². The van der Waals surface area contributed by atoms with Crippen LogP contribution in [0.25, 0.3) is 6.08 Å². The molecule has 0 fully saturated rings. The van der Waals surface area contributed by atoms with Gasteiger partial charge >= 0.3 is 0 Å². The second-order valence-electron chi connectivity index (χ2n) is 5.56. The van der Waals surface area contributed by atoms with E-state index >= 15 is 0 Å². The number of hydrogen-bond donors (Lipinski definition) is 1.